The average molecular weight is 422 g/mol. The number of alkyl halides is 1. The van der Waals surface area contributed by atoms with E-state index in [0.29, 0.717) is 6.42 Å². The summed E-state index contributed by atoms with van der Waals surface area (Å²) in [7, 11) is 0. The second-order valence-electron chi connectivity index (χ2n) is 5.85. The smallest absolute Gasteiger partial charge is 0.408 e. The van der Waals surface area contributed by atoms with E-state index >= 15 is 0 Å². The summed E-state index contributed by atoms with van der Waals surface area (Å²) in [4.78, 5) is 24.6. The molecular weight excluding hydrogens is 401 g/mol. The summed E-state index contributed by atoms with van der Waals surface area (Å²) in [5.41, 5.74) is 1.65. The van der Waals surface area contributed by atoms with E-state index in [4.69, 9.17) is 4.74 Å². The third-order valence-electron chi connectivity index (χ3n) is 4.11. The molecule has 2 rings (SSSR count). The van der Waals surface area contributed by atoms with Crippen molar-refractivity contribution in [2.75, 3.05) is 5.33 Å². The Morgan fingerprint density at radius 3 is 2.35 bits per heavy atom. The van der Waals surface area contributed by atoms with Crippen LogP contribution in [-0.2, 0) is 16.1 Å². The highest BCUT2D eigenvalue weighted by atomic mass is 79.9. The Hall–Kier alpha value is -2.21. The van der Waals surface area contributed by atoms with Gasteiger partial charge in [-0.25, -0.2) is 9.18 Å². The van der Waals surface area contributed by atoms with Crippen LogP contribution in [0.1, 0.15) is 30.4 Å². The van der Waals surface area contributed by atoms with Gasteiger partial charge in [-0.05, 0) is 29.7 Å². The molecule has 0 aromatic heterocycles. The first-order chi connectivity index (χ1) is 12.5. The van der Waals surface area contributed by atoms with Crippen molar-refractivity contribution in [3.05, 3.63) is 71.5 Å². The maximum Gasteiger partial charge on any atom is 0.408 e. The van der Waals surface area contributed by atoms with E-state index in [1.54, 1.807) is 12.1 Å². The van der Waals surface area contributed by atoms with E-state index in [1.807, 2.05) is 37.3 Å². The molecule has 0 bridgehead atoms. The monoisotopic (exact) mass is 421 g/mol. The molecule has 0 aliphatic heterocycles. The summed E-state index contributed by atoms with van der Waals surface area (Å²) in [6.45, 7) is 2.04. The van der Waals surface area contributed by atoms with Crippen molar-refractivity contribution < 1.29 is 18.7 Å². The van der Waals surface area contributed by atoms with Gasteiger partial charge in [0, 0.05) is 5.92 Å². The molecule has 0 saturated heterocycles. The van der Waals surface area contributed by atoms with Gasteiger partial charge >= 0.3 is 6.09 Å². The number of carbonyl (C=O) groups excluding carboxylic acids is 2. The van der Waals surface area contributed by atoms with Gasteiger partial charge in [0.25, 0.3) is 0 Å². The Bertz CT molecular complexity index is 722. The van der Waals surface area contributed by atoms with E-state index in [0.717, 1.165) is 11.1 Å². The van der Waals surface area contributed by atoms with E-state index in [9.17, 15) is 14.0 Å². The predicted octanol–water partition coefficient (Wildman–Crippen LogP) is 4.58. The summed E-state index contributed by atoms with van der Waals surface area (Å²) < 4.78 is 18.4. The van der Waals surface area contributed by atoms with Crippen LogP contribution in [0.25, 0.3) is 0 Å². The number of amides is 1. The van der Waals surface area contributed by atoms with E-state index < -0.39 is 12.1 Å². The van der Waals surface area contributed by atoms with Gasteiger partial charge < -0.3 is 10.1 Å². The number of hydrogen-bond acceptors (Lipinski definition) is 3. The zero-order chi connectivity index (χ0) is 18.9. The van der Waals surface area contributed by atoms with Crippen molar-refractivity contribution in [3.63, 3.8) is 0 Å². The molecular formula is C20H21BrFNO3. The Labute approximate surface area is 160 Å². The number of ether oxygens (including phenoxy) is 1. The van der Waals surface area contributed by atoms with Crippen LogP contribution < -0.4 is 5.32 Å². The molecule has 6 heteroatoms. The van der Waals surface area contributed by atoms with Gasteiger partial charge in [0.15, 0.2) is 5.78 Å². The van der Waals surface area contributed by atoms with Gasteiger partial charge in [-0.1, -0.05) is 65.3 Å². The van der Waals surface area contributed by atoms with Crippen LogP contribution in [-0.4, -0.2) is 23.2 Å². The van der Waals surface area contributed by atoms with Crippen LogP contribution in [0.2, 0.25) is 0 Å². The summed E-state index contributed by atoms with van der Waals surface area (Å²) in [5, 5.41) is 2.77. The van der Waals surface area contributed by atoms with E-state index in [2.05, 4.69) is 21.2 Å². The largest absolute Gasteiger partial charge is 0.445 e. The molecule has 26 heavy (non-hydrogen) atoms. The molecule has 0 aliphatic carbocycles. The van der Waals surface area contributed by atoms with Gasteiger partial charge in [-0.15, -0.1) is 0 Å². The zero-order valence-electron chi connectivity index (χ0n) is 14.5. The lowest BCUT2D eigenvalue weighted by molar-refractivity contribution is -0.119. The topological polar surface area (TPSA) is 55.4 Å². The van der Waals surface area contributed by atoms with Crippen LogP contribution in [0.5, 0.6) is 0 Å². The van der Waals surface area contributed by atoms with Crippen molar-refractivity contribution in [2.24, 2.45) is 0 Å². The van der Waals surface area contributed by atoms with Crippen LogP contribution in [0.3, 0.4) is 0 Å². The number of Topliss-reactive ketones (excluding diaryl/α,β-unsaturated/α-hetero) is 1. The molecule has 0 radical (unpaired) electrons. The highest BCUT2D eigenvalue weighted by Crippen LogP contribution is 2.25. The first kappa shape index (κ1) is 20.1. The minimum Gasteiger partial charge on any atom is -0.445 e. The van der Waals surface area contributed by atoms with Crippen LogP contribution in [0.4, 0.5) is 9.18 Å². The van der Waals surface area contributed by atoms with Gasteiger partial charge in [-0.3, -0.25) is 4.79 Å². The lowest BCUT2D eigenvalue weighted by atomic mass is 9.87. The molecule has 2 aromatic rings. The summed E-state index contributed by atoms with van der Waals surface area (Å²) in [5.74, 6) is -0.787. The van der Waals surface area contributed by atoms with E-state index in [-0.39, 0.29) is 29.5 Å². The normalized spacial score (nSPS) is 12.9. The minimum absolute atomic E-state index is 0.105. The van der Waals surface area contributed by atoms with Crippen LogP contribution >= 0.6 is 15.9 Å². The van der Waals surface area contributed by atoms with Gasteiger partial charge in [0.2, 0.25) is 0 Å². The van der Waals surface area contributed by atoms with Crippen LogP contribution in [0, 0.1) is 5.82 Å². The first-order valence-electron chi connectivity index (χ1n) is 8.36. The third-order valence-corrected chi connectivity index (χ3v) is 4.66. The molecule has 2 aromatic carbocycles. The van der Waals surface area contributed by atoms with Crippen molar-refractivity contribution >= 4 is 27.8 Å². The number of nitrogens with one attached hydrogen (secondary N) is 1. The molecule has 2 atom stereocenters. The number of halogens is 2. The van der Waals surface area contributed by atoms with Crippen LogP contribution in [0.15, 0.2) is 54.6 Å². The summed E-state index contributed by atoms with van der Waals surface area (Å²) >= 11 is 3.16. The van der Waals surface area contributed by atoms with Gasteiger partial charge in [-0.2, -0.15) is 0 Å². The van der Waals surface area contributed by atoms with Crippen molar-refractivity contribution in [2.45, 2.75) is 31.9 Å². The van der Waals surface area contributed by atoms with Gasteiger partial charge in [0.1, 0.15) is 12.4 Å². The first-order valence-corrected chi connectivity index (χ1v) is 9.48. The number of ketones is 1. The maximum atomic E-state index is 13.2. The lowest BCUT2D eigenvalue weighted by Crippen LogP contribution is -2.45. The second kappa shape index (κ2) is 10.1. The molecule has 1 N–H and O–H groups in total. The van der Waals surface area contributed by atoms with Crippen molar-refractivity contribution in [3.8, 4) is 0 Å². The highest BCUT2D eigenvalue weighted by Gasteiger charge is 2.29. The molecule has 138 valence electrons. The number of benzene rings is 2. The van der Waals surface area contributed by atoms with Gasteiger partial charge in [0.05, 0.1) is 11.4 Å². The predicted molar refractivity (Wildman–Crippen MR) is 102 cm³/mol. The molecule has 0 heterocycles. The molecule has 4 nitrogen and oxygen atoms in total. The Morgan fingerprint density at radius 1 is 1.12 bits per heavy atom. The van der Waals surface area contributed by atoms with E-state index in [1.165, 1.54) is 12.1 Å². The fourth-order valence-electron chi connectivity index (χ4n) is 2.75. The van der Waals surface area contributed by atoms with Crippen molar-refractivity contribution in [1.82, 2.24) is 5.32 Å². The fourth-order valence-corrected chi connectivity index (χ4v) is 3.10. The third kappa shape index (κ3) is 5.66. The summed E-state index contributed by atoms with van der Waals surface area (Å²) in [6.07, 6.45) is -0.0534. The maximum absolute atomic E-state index is 13.2. The number of rotatable bonds is 8. The molecule has 0 fully saturated rings. The lowest BCUT2D eigenvalue weighted by Gasteiger charge is -2.26. The Morgan fingerprint density at radius 2 is 1.77 bits per heavy atom. The number of hydrogen-bond donors (Lipinski definition) is 1. The fraction of sp³-hybridized carbons (Fsp3) is 0.300. The molecule has 0 spiro atoms. The molecule has 1 amide bonds. The Kier molecular flexibility index (Phi) is 7.78. The zero-order valence-corrected chi connectivity index (χ0v) is 16.0. The molecule has 0 saturated carbocycles. The highest BCUT2D eigenvalue weighted by molar-refractivity contribution is 9.09. The number of alkyl carbamates (subject to hydrolysis) is 1. The summed E-state index contributed by atoms with van der Waals surface area (Å²) in [6, 6.07) is 14.5. The molecule has 0 aliphatic rings. The second-order valence-corrected chi connectivity index (χ2v) is 6.41. The quantitative estimate of drug-likeness (QED) is 0.634. The Balaban J connectivity index is 2.08. The average Bonchev–Trinajstić information content (AvgIpc) is 2.67. The number of carbonyl (C=O) groups is 2. The standard InChI is InChI=1S/C20H21BrFNO3/c1-2-17(15-8-10-16(22)11-9-15)19(18(24)12-21)23-20(25)26-13-14-6-4-3-5-7-14/h3-11,17,19H,2,12-13H2,1H3,(H,23,25)/t17-,19?/m0/s1. The SMILES string of the molecule is CC[C@@H](c1ccc(F)cc1)C(NC(=O)OCc1ccccc1)C(=O)CBr. The minimum atomic E-state index is -0.756. The van der Waals surface area contributed by atoms with Crippen molar-refractivity contribution in [1.29, 1.82) is 0 Å². The molecule has 1 unspecified atom stereocenters.